The molecule has 0 aliphatic heterocycles. The summed E-state index contributed by atoms with van der Waals surface area (Å²) in [6, 6.07) is 0. The second-order valence-corrected chi connectivity index (χ2v) is 7.37. The standard InChI is InChI=1S/C20H39ClO2/c1-3-4-5-6-7-8-9-10-11-13-16-20(21)17-14-12-15-18-23-19(2)22/h20H,3-18H2,1-2H3. The van der Waals surface area contributed by atoms with Crippen LogP contribution >= 0.6 is 11.6 Å². The molecule has 0 rings (SSSR count). The highest BCUT2D eigenvalue weighted by molar-refractivity contribution is 6.20. The fourth-order valence-electron chi connectivity index (χ4n) is 2.86. The molecule has 0 saturated carbocycles. The van der Waals surface area contributed by atoms with Gasteiger partial charge in [0.1, 0.15) is 0 Å². The van der Waals surface area contributed by atoms with E-state index in [2.05, 4.69) is 6.92 Å². The van der Waals surface area contributed by atoms with Gasteiger partial charge in [-0.25, -0.2) is 0 Å². The van der Waals surface area contributed by atoms with Crippen LogP contribution in [0.1, 0.15) is 110 Å². The zero-order valence-electron chi connectivity index (χ0n) is 15.6. The Bertz CT molecular complexity index is 256. The highest BCUT2D eigenvalue weighted by Gasteiger charge is 2.04. The Kier molecular flexibility index (Phi) is 17.9. The van der Waals surface area contributed by atoms with Gasteiger partial charge < -0.3 is 4.74 Å². The summed E-state index contributed by atoms with van der Waals surface area (Å²) < 4.78 is 4.92. The minimum atomic E-state index is -0.179. The number of esters is 1. The van der Waals surface area contributed by atoms with E-state index in [1.807, 2.05) is 0 Å². The van der Waals surface area contributed by atoms with Crippen molar-refractivity contribution in [2.24, 2.45) is 0 Å². The van der Waals surface area contributed by atoms with Gasteiger partial charge in [-0.15, -0.1) is 11.6 Å². The number of hydrogen-bond acceptors (Lipinski definition) is 2. The minimum absolute atomic E-state index is 0.179. The fraction of sp³-hybridized carbons (Fsp3) is 0.950. The van der Waals surface area contributed by atoms with E-state index in [9.17, 15) is 4.79 Å². The van der Waals surface area contributed by atoms with Gasteiger partial charge in [-0.05, 0) is 19.3 Å². The molecule has 0 aliphatic rings. The molecular formula is C20H39ClO2. The summed E-state index contributed by atoms with van der Waals surface area (Å²) >= 11 is 6.37. The van der Waals surface area contributed by atoms with Crippen molar-refractivity contribution in [1.29, 1.82) is 0 Å². The molecule has 0 amide bonds. The van der Waals surface area contributed by atoms with E-state index in [1.54, 1.807) is 0 Å². The molecule has 1 unspecified atom stereocenters. The first-order valence-corrected chi connectivity index (χ1v) is 10.4. The predicted molar refractivity (Wildman–Crippen MR) is 101 cm³/mol. The second-order valence-electron chi connectivity index (χ2n) is 6.76. The molecule has 0 aliphatic carbocycles. The summed E-state index contributed by atoms with van der Waals surface area (Å²) in [7, 11) is 0. The summed E-state index contributed by atoms with van der Waals surface area (Å²) in [5.41, 5.74) is 0. The smallest absolute Gasteiger partial charge is 0.302 e. The van der Waals surface area contributed by atoms with Crippen LogP contribution in [0.15, 0.2) is 0 Å². The summed E-state index contributed by atoms with van der Waals surface area (Å²) in [5.74, 6) is -0.179. The third-order valence-corrected chi connectivity index (χ3v) is 4.77. The molecule has 2 nitrogen and oxygen atoms in total. The van der Waals surface area contributed by atoms with Gasteiger partial charge in [0.05, 0.1) is 6.61 Å². The molecule has 0 aromatic carbocycles. The van der Waals surface area contributed by atoms with Crippen LogP contribution in [-0.2, 0) is 9.53 Å². The SMILES string of the molecule is CCCCCCCCCCCCC(Cl)CCCCCOC(C)=O. The number of carbonyl (C=O) groups excluding carboxylic acids is 1. The molecule has 0 N–H and O–H groups in total. The Balaban J connectivity index is 3.15. The molecule has 0 saturated heterocycles. The average molecular weight is 347 g/mol. The summed E-state index contributed by atoms with van der Waals surface area (Å²) in [6.07, 6.45) is 19.3. The fourth-order valence-corrected chi connectivity index (χ4v) is 3.17. The molecule has 1 atom stereocenters. The van der Waals surface area contributed by atoms with E-state index in [0.717, 1.165) is 32.1 Å². The maximum Gasteiger partial charge on any atom is 0.302 e. The summed E-state index contributed by atoms with van der Waals surface area (Å²) in [6.45, 7) is 4.29. The number of hydrogen-bond donors (Lipinski definition) is 0. The zero-order chi connectivity index (χ0) is 17.2. The maximum atomic E-state index is 10.6. The van der Waals surface area contributed by atoms with Crippen LogP contribution < -0.4 is 0 Å². The first kappa shape index (κ1) is 22.8. The van der Waals surface area contributed by atoms with Crippen molar-refractivity contribution in [1.82, 2.24) is 0 Å². The molecule has 0 radical (unpaired) electrons. The van der Waals surface area contributed by atoms with Crippen LogP contribution in [0.3, 0.4) is 0 Å². The lowest BCUT2D eigenvalue weighted by Crippen LogP contribution is -2.02. The summed E-state index contributed by atoms with van der Waals surface area (Å²) in [5, 5.41) is 0.331. The maximum absolute atomic E-state index is 10.6. The number of alkyl halides is 1. The highest BCUT2D eigenvalue weighted by atomic mass is 35.5. The Morgan fingerprint density at radius 3 is 1.70 bits per heavy atom. The molecule has 0 spiro atoms. The van der Waals surface area contributed by atoms with Crippen molar-refractivity contribution in [3.8, 4) is 0 Å². The van der Waals surface area contributed by atoms with Gasteiger partial charge in [0, 0.05) is 12.3 Å². The first-order valence-electron chi connectivity index (χ1n) is 9.94. The van der Waals surface area contributed by atoms with Crippen molar-refractivity contribution in [2.75, 3.05) is 6.61 Å². The van der Waals surface area contributed by atoms with Gasteiger partial charge in [0.15, 0.2) is 0 Å². The summed E-state index contributed by atoms with van der Waals surface area (Å²) in [4.78, 5) is 10.6. The van der Waals surface area contributed by atoms with Crippen molar-refractivity contribution < 1.29 is 9.53 Å². The van der Waals surface area contributed by atoms with Gasteiger partial charge in [0.2, 0.25) is 0 Å². The molecule has 0 aromatic heterocycles. The molecular weight excluding hydrogens is 308 g/mol. The van der Waals surface area contributed by atoms with Crippen LogP contribution in [0.2, 0.25) is 0 Å². The van der Waals surface area contributed by atoms with E-state index >= 15 is 0 Å². The Morgan fingerprint density at radius 1 is 0.783 bits per heavy atom. The van der Waals surface area contributed by atoms with Crippen LogP contribution in [0.4, 0.5) is 0 Å². The third kappa shape index (κ3) is 19.7. The van der Waals surface area contributed by atoms with Gasteiger partial charge in [-0.1, -0.05) is 84.0 Å². The number of carbonyl (C=O) groups is 1. The second kappa shape index (κ2) is 18.1. The zero-order valence-corrected chi connectivity index (χ0v) is 16.3. The number of unbranched alkanes of at least 4 members (excludes halogenated alkanes) is 11. The Morgan fingerprint density at radius 2 is 1.22 bits per heavy atom. The minimum Gasteiger partial charge on any atom is -0.466 e. The number of halogens is 1. The lowest BCUT2D eigenvalue weighted by atomic mass is 10.0. The monoisotopic (exact) mass is 346 g/mol. The molecule has 0 aromatic rings. The van der Waals surface area contributed by atoms with Crippen LogP contribution in [0.5, 0.6) is 0 Å². The van der Waals surface area contributed by atoms with E-state index < -0.39 is 0 Å². The van der Waals surface area contributed by atoms with Crippen LogP contribution in [0, 0.1) is 0 Å². The van der Waals surface area contributed by atoms with Gasteiger partial charge in [-0.2, -0.15) is 0 Å². The van der Waals surface area contributed by atoms with Crippen molar-refractivity contribution in [3.63, 3.8) is 0 Å². The van der Waals surface area contributed by atoms with E-state index in [4.69, 9.17) is 16.3 Å². The quantitative estimate of drug-likeness (QED) is 0.160. The number of rotatable bonds is 17. The van der Waals surface area contributed by atoms with Crippen molar-refractivity contribution >= 4 is 17.6 Å². The predicted octanol–water partition coefficient (Wildman–Crippen LogP) is 7.03. The number of ether oxygens (including phenoxy) is 1. The molecule has 0 fully saturated rings. The lowest BCUT2D eigenvalue weighted by molar-refractivity contribution is -0.141. The first-order chi connectivity index (χ1) is 11.2. The molecule has 138 valence electrons. The molecule has 0 heterocycles. The molecule has 23 heavy (non-hydrogen) atoms. The van der Waals surface area contributed by atoms with E-state index in [0.29, 0.717) is 12.0 Å². The van der Waals surface area contributed by atoms with Crippen molar-refractivity contribution in [3.05, 3.63) is 0 Å². The topological polar surface area (TPSA) is 26.3 Å². The van der Waals surface area contributed by atoms with Gasteiger partial charge in [0.25, 0.3) is 0 Å². The van der Waals surface area contributed by atoms with E-state index in [-0.39, 0.29) is 5.97 Å². The lowest BCUT2D eigenvalue weighted by Gasteiger charge is -2.09. The Hall–Kier alpha value is -0.240. The average Bonchev–Trinajstić information content (AvgIpc) is 2.52. The van der Waals surface area contributed by atoms with Gasteiger partial charge >= 0.3 is 5.97 Å². The largest absolute Gasteiger partial charge is 0.466 e. The molecule has 3 heteroatoms. The van der Waals surface area contributed by atoms with Crippen molar-refractivity contribution in [2.45, 2.75) is 116 Å². The molecule has 0 bridgehead atoms. The van der Waals surface area contributed by atoms with E-state index in [1.165, 1.54) is 71.1 Å². The normalized spacial score (nSPS) is 12.3. The van der Waals surface area contributed by atoms with Crippen LogP contribution in [-0.4, -0.2) is 18.0 Å². The third-order valence-electron chi connectivity index (χ3n) is 4.34. The highest BCUT2D eigenvalue weighted by Crippen LogP contribution is 2.17. The van der Waals surface area contributed by atoms with Crippen LogP contribution in [0.25, 0.3) is 0 Å². The Labute approximate surface area is 149 Å². The van der Waals surface area contributed by atoms with Gasteiger partial charge in [-0.3, -0.25) is 4.79 Å².